The summed E-state index contributed by atoms with van der Waals surface area (Å²) < 4.78 is 10.5. The second kappa shape index (κ2) is 15.6. The third-order valence-corrected chi connectivity index (χ3v) is 2.75. The van der Waals surface area contributed by atoms with Crippen LogP contribution in [0.25, 0.3) is 5.57 Å². The van der Waals surface area contributed by atoms with E-state index < -0.39 is 0 Å². The van der Waals surface area contributed by atoms with Crippen LogP contribution in [0.2, 0.25) is 0 Å². The highest BCUT2D eigenvalue weighted by molar-refractivity contribution is 5.69. The Morgan fingerprint density at radius 1 is 1.18 bits per heavy atom. The van der Waals surface area contributed by atoms with Crippen LogP contribution < -0.4 is 9.47 Å². The van der Waals surface area contributed by atoms with E-state index >= 15 is 0 Å². The van der Waals surface area contributed by atoms with Gasteiger partial charge in [0.1, 0.15) is 17.8 Å². The van der Waals surface area contributed by atoms with Crippen LogP contribution in [0.15, 0.2) is 24.3 Å². The van der Waals surface area contributed by atoms with Crippen LogP contribution in [0, 0.1) is 0 Å². The average Bonchev–Trinajstić information content (AvgIpc) is 2.57. The summed E-state index contributed by atoms with van der Waals surface area (Å²) in [6.45, 7) is 6.20. The molecule has 0 fully saturated rings. The lowest BCUT2D eigenvalue weighted by Crippen LogP contribution is -1.91. The van der Waals surface area contributed by atoms with Gasteiger partial charge in [-0.3, -0.25) is 0 Å². The first-order chi connectivity index (χ1) is 10.6. The highest BCUT2D eigenvalue weighted by atomic mass is 16.5. The molecule has 0 unspecified atom stereocenters. The van der Waals surface area contributed by atoms with E-state index in [1.165, 1.54) is 5.57 Å². The van der Waals surface area contributed by atoms with Gasteiger partial charge >= 0.3 is 0 Å². The number of rotatable bonds is 6. The molecule has 0 atom stereocenters. The van der Waals surface area contributed by atoms with Crippen LogP contribution in [0.3, 0.4) is 0 Å². The highest BCUT2D eigenvalue weighted by Gasteiger charge is 2.05. The number of aliphatic hydroxyl groups is 1. The van der Waals surface area contributed by atoms with Crippen LogP contribution >= 0.6 is 0 Å². The molecule has 0 amide bonds. The first kappa shape index (κ1) is 22.5. The van der Waals surface area contributed by atoms with E-state index in [9.17, 15) is 4.79 Å². The molecule has 0 bridgehead atoms. The fraction of sp³-hybridized carbons (Fsp3) is 0.500. The summed E-state index contributed by atoms with van der Waals surface area (Å²) >= 11 is 0. The summed E-state index contributed by atoms with van der Waals surface area (Å²) in [6.07, 6.45) is 5.83. The Bertz CT molecular complexity index is 425. The quantitative estimate of drug-likeness (QED) is 0.803. The summed E-state index contributed by atoms with van der Waals surface area (Å²) in [4.78, 5) is 9.40. The van der Waals surface area contributed by atoms with Crippen molar-refractivity contribution in [2.45, 2.75) is 40.0 Å². The first-order valence-corrected chi connectivity index (χ1v) is 7.42. The Kier molecular flexibility index (Phi) is 15.9. The molecular formula is C18H30O4. The summed E-state index contributed by atoms with van der Waals surface area (Å²) in [5, 5.41) is 7.00. The van der Waals surface area contributed by atoms with Gasteiger partial charge in [-0.15, -0.1) is 0 Å². The third-order valence-electron chi connectivity index (χ3n) is 2.75. The van der Waals surface area contributed by atoms with E-state index in [2.05, 4.69) is 19.9 Å². The number of hydrogen-bond donors (Lipinski definition) is 1. The molecule has 126 valence electrons. The predicted molar refractivity (Wildman–Crippen MR) is 92.6 cm³/mol. The number of unbranched alkanes of at least 4 members (excludes halogenated alkanes) is 1. The predicted octanol–water partition coefficient (Wildman–Crippen LogP) is 4.11. The van der Waals surface area contributed by atoms with E-state index in [1.54, 1.807) is 14.2 Å². The van der Waals surface area contributed by atoms with E-state index in [4.69, 9.17) is 14.6 Å². The molecule has 1 aromatic rings. The smallest absolute Gasteiger partial charge is 0.130 e. The summed E-state index contributed by atoms with van der Waals surface area (Å²) in [6, 6.07) is 5.88. The van der Waals surface area contributed by atoms with Crippen molar-refractivity contribution in [3.63, 3.8) is 0 Å². The van der Waals surface area contributed by atoms with Crippen LogP contribution in [-0.4, -0.2) is 32.7 Å². The van der Waals surface area contributed by atoms with Crippen LogP contribution in [0.4, 0.5) is 0 Å². The molecule has 1 aromatic carbocycles. The Labute approximate surface area is 134 Å². The first-order valence-electron chi connectivity index (χ1n) is 7.42. The van der Waals surface area contributed by atoms with E-state index in [1.807, 2.05) is 25.1 Å². The Morgan fingerprint density at radius 3 is 2.18 bits per heavy atom. The zero-order valence-corrected chi connectivity index (χ0v) is 14.7. The fourth-order valence-corrected chi connectivity index (χ4v) is 1.66. The molecule has 0 saturated heterocycles. The topological polar surface area (TPSA) is 55.8 Å². The van der Waals surface area contributed by atoms with Gasteiger partial charge in [0.25, 0.3) is 0 Å². The van der Waals surface area contributed by atoms with Crippen LogP contribution in [-0.2, 0) is 4.79 Å². The molecule has 22 heavy (non-hydrogen) atoms. The lowest BCUT2D eigenvalue weighted by atomic mass is 10.1. The minimum Gasteiger partial charge on any atom is -0.497 e. The van der Waals surface area contributed by atoms with Gasteiger partial charge in [0.15, 0.2) is 0 Å². The van der Waals surface area contributed by atoms with Crippen molar-refractivity contribution < 1.29 is 19.4 Å². The van der Waals surface area contributed by atoms with Gasteiger partial charge in [-0.2, -0.15) is 0 Å². The minimum atomic E-state index is 0.708. The maximum Gasteiger partial charge on any atom is 0.130 e. The number of carbonyl (C=O) groups is 1. The molecule has 0 aliphatic carbocycles. The fourth-order valence-electron chi connectivity index (χ4n) is 1.66. The van der Waals surface area contributed by atoms with Gasteiger partial charge < -0.3 is 19.4 Å². The molecule has 0 aliphatic heterocycles. The SMILES string of the molecule is CCC=C(C)c1ccc(OC)cc1OC.CCCC=O.CO. The number of benzene rings is 1. The number of ether oxygens (including phenoxy) is 2. The highest BCUT2D eigenvalue weighted by Crippen LogP contribution is 2.29. The van der Waals surface area contributed by atoms with Crippen LogP contribution in [0.1, 0.15) is 45.6 Å². The number of aldehydes is 1. The molecule has 4 heteroatoms. The maximum absolute atomic E-state index is 9.40. The molecule has 1 rings (SSSR count). The van der Waals surface area contributed by atoms with Crippen molar-refractivity contribution in [2.75, 3.05) is 21.3 Å². The van der Waals surface area contributed by atoms with Crippen molar-refractivity contribution in [1.29, 1.82) is 0 Å². The Morgan fingerprint density at radius 2 is 1.82 bits per heavy atom. The monoisotopic (exact) mass is 310 g/mol. The molecular weight excluding hydrogens is 280 g/mol. The van der Waals surface area contributed by atoms with Gasteiger partial charge in [0, 0.05) is 25.2 Å². The summed E-state index contributed by atoms with van der Waals surface area (Å²) in [7, 11) is 4.33. The zero-order chi connectivity index (χ0) is 17.4. The standard InChI is InChI=1S/C13H18O2.C4H8O.CH4O/c1-5-6-10(2)12-8-7-11(14-3)9-13(12)15-4;1-2-3-4-5;1-2/h6-9H,5H2,1-4H3;4H,2-3H2,1H3;2H,1H3. The van der Waals surface area contributed by atoms with Gasteiger partial charge in [-0.05, 0) is 37.5 Å². The third kappa shape index (κ3) is 9.19. The number of allylic oxidation sites excluding steroid dienone is 2. The Balaban J connectivity index is 0. The number of aliphatic hydroxyl groups excluding tert-OH is 1. The van der Waals surface area contributed by atoms with E-state index in [0.717, 1.165) is 43.3 Å². The molecule has 0 aliphatic rings. The van der Waals surface area contributed by atoms with Gasteiger partial charge in [0.05, 0.1) is 14.2 Å². The lowest BCUT2D eigenvalue weighted by Gasteiger charge is -2.10. The number of hydrogen-bond acceptors (Lipinski definition) is 4. The number of methoxy groups -OCH3 is 2. The molecule has 0 radical (unpaired) electrons. The van der Waals surface area contributed by atoms with Crippen molar-refractivity contribution in [3.8, 4) is 11.5 Å². The van der Waals surface area contributed by atoms with Gasteiger partial charge in [-0.25, -0.2) is 0 Å². The maximum atomic E-state index is 9.40. The molecule has 0 heterocycles. The molecule has 1 N–H and O–H groups in total. The molecule has 0 saturated carbocycles. The zero-order valence-electron chi connectivity index (χ0n) is 14.7. The minimum absolute atomic E-state index is 0.708. The van der Waals surface area contributed by atoms with Crippen molar-refractivity contribution in [2.24, 2.45) is 0 Å². The molecule has 0 spiro atoms. The molecule has 4 nitrogen and oxygen atoms in total. The van der Waals surface area contributed by atoms with Gasteiger partial charge in [0.2, 0.25) is 0 Å². The Hall–Kier alpha value is -1.81. The number of carbonyl (C=O) groups excluding carboxylic acids is 1. The largest absolute Gasteiger partial charge is 0.497 e. The normalized spacial score (nSPS) is 9.68. The van der Waals surface area contributed by atoms with E-state index in [-0.39, 0.29) is 0 Å². The average molecular weight is 310 g/mol. The second-order valence-electron chi connectivity index (χ2n) is 4.32. The van der Waals surface area contributed by atoms with Crippen molar-refractivity contribution in [3.05, 3.63) is 29.8 Å². The van der Waals surface area contributed by atoms with E-state index in [0.29, 0.717) is 6.42 Å². The lowest BCUT2D eigenvalue weighted by molar-refractivity contribution is -0.107. The summed E-state index contributed by atoms with van der Waals surface area (Å²) in [5.74, 6) is 1.68. The molecule has 0 aromatic heterocycles. The summed E-state index contributed by atoms with van der Waals surface area (Å²) in [5.41, 5.74) is 2.36. The van der Waals surface area contributed by atoms with Crippen LogP contribution in [0.5, 0.6) is 11.5 Å². The van der Waals surface area contributed by atoms with Gasteiger partial charge in [-0.1, -0.05) is 19.9 Å². The second-order valence-corrected chi connectivity index (χ2v) is 4.32. The van der Waals surface area contributed by atoms with Crippen molar-refractivity contribution in [1.82, 2.24) is 0 Å². The van der Waals surface area contributed by atoms with Crippen molar-refractivity contribution >= 4 is 11.9 Å².